The average molecular weight is 238 g/mol. The molecule has 0 heterocycles. The molecule has 0 aliphatic heterocycles. The lowest BCUT2D eigenvalue weighted by atomic mass is 10.2. The van der Waals surface area contributed by atoms with Gasteiger partial charge in [0.1, 0.15) is 25.3 Å². The van der Waals surface area contributed by atoms with Gasteiger partial charge in [-0.15, -0.1) is 0 Å². The van der Waals surface area contributed by atoms with Crippen molar-refractivity contribution in [3.8, 4) is 0 Å². The molecule has 0 bridgehead atoms. The van der Waals surface area contributed by atoms with E-state index in [-0.39, 0.29) is 32.9 Å². The molecule has 0 aromatic carbocycles. The topological polar surface area (TPSA) is 101 Å². The lowest BCUT2D eigenvalue weighted by Gasteiger charge is -2.37. The molecule has 0 aliphatic carbocycles. The molecule has 0 saturated heterocycles. The molecule has 0 aromatic rings. The van der Waals surface area contributed by atoms with Crippen molar-refractivity contribution in [1.82, 2.24) is 0 Å². The molecule has 16 heavy (non-hydrogen) atoms. The van der Waals surface area contributed by atoms with E-state index < -0.39 is 12.2 Å². The first-order valence-corrected chi connectivity index (χ1v) is 5.49. The van der Waals surface area contributed by atoms with Crippen molar-refractivity contribution >= 4 is 0 Å². The maximum Gasteiger partial charge on any atom is 0.126 e. The number of aliphatic hydroxyl groups is 5. The summed E-state index contributed by atoms with van der Waals surface area (Å²) in [7, 11) is 1.81. The van der Waals surface area contributed by atoms with Gasteiger partial charge in [0.15, 0.2) is 0 Å². The number of likely N-dealkylation sites (N-methyl/N-ethyl adjacent to an activating group) is 1. The van der Waals surface area contributed by atoms with Gasteiger partial charge in [-0.25, -0.2) is 0 Å². The molecule has 0 amide bonds. The summed E-state index contributed by atoms with van der Waals surface area (Å²) < 4.78 is 0.310. The Hall–Kier alpha value is -0.240. The SMILES string of the molecule is C[N+](CCCO)(CC(O)CO)CC(O)CO. The Balaban J connectivity index is 4.34. The van der Waals surface area contributed by atoms with Gasteiger partial charge in [-0.2, -0.15) is 0 Å². The van der Waals surface area contributed by atoms with Crippen LogP contribution in [0.15, 0.2) is 0 Å². The van der Waals surface area contributed by atoms with E-state index in [2.05, 4.69) is 0 Å². The summed E-state index contributed by atoms with van der Waals surface area (Å²) >= 11 is 0. The lowest BCUT2D eigenvalue weighted by molar-refractivity contribution is -0.915. The Kier molecular flexibility index (Phi) is 7.82. The molecule has 0 radical (unpaired) electrons. The van der Waals surface area contributed by atoms with Crippen LogP contribution in [-0.4, -0.2) is 88.7 Å². The number of rotatable bonds is 9. The smallest absolute Gasteiger partial charge is 0.126 e. The highest BCUT2D eigenvalue weighted by molar-refractivity contribution is 4.57. The zero-order valence-corrected chi connectivity index (χ0v) is 9.79. The summed E-state index contributed by atoms with van der Waals surface area (Å²) in [5.41, 5.74) is 0. The molecule has 0 rings (SSSR count). The second-order valence-corrected chi connectivity index (χ2v) is 4.46. The second-order valence-electron chi connectivity index (χ2n) is 4.46. The Bertz CT molecular complexity index is 167. The molecule has 6 nitrogen and oxygen atoms in total. The highest BCUT2D eigenvalue weighted by Gasteiger charge is 2.27. The van der Waals surface area contributed by atoms with E-state index in [9.17, 15) is 10.2 Å². The standard InChI is InChI=1S/C10H24NO5/c1-11(3-2-4-12,5-9(15)7-13)6-10(16)8-14/h9-10,12-16H,2-8H2,1H3/q+1. The molecule has 0 fully saturated rings. The molecule has 5 N–H and O–H groups in total. The molecule has 0 spiro atoms. The monoisotopic (exact) mass is 238 g/mol. The molecule has 6 heteroatoms. The lowest BCUT2D eigenvalue weighted by Crippen LogP contribution is -2.54. The molecule has 2 atom stereocenters. The van der Waals surface area contributed by atoms with Crippen molar-refractivity contribution in [3.05, 3.63) is 0 Å². The first kappa shape index (κ1) is 15.8. The van der Waals surface area contributed by atoms with Crippen molar-refractivity contribution in [2.45, 2.75) is 18.6 Å². The summed E-state index contributed by atoms with van der Waals surface area (Å²) in [6, 6.07) is 0. The van der Waals surface area contributed by atoms with Gasteiger partial charge in [-0.1, -0.05) is 0 Å². The molecule has 98 valence electrons. The zero-order chi connectivity index (χ0) is 12.6. The summed E-state index contributed by atoms with van der Waals surface area (Å²) in [4.78, 5) is 0. The van der Waals surface area contributed by atoms with Crippen LogP contribution in [0.4, 0.5) is 0 Å². The first-order chi connectivity index (χ1) is 7.47. The van der Waals surface area contributed by atoms with Crippen molar-refractivity contribution in [2.75, 3.05) is 46.5 Å². The molecule has 0 aromatic heterocycles. The molecular weight excluding hydrogens is 214 g/mol. The Morgan fingerprint density at radius 2 is 1.38 bits per heavy atom. The van der Waals surface area contributed by atoms with Gasteiger partial charge in [-0.3, -0.25) is 0 Å². The Labute approximate surface area is 96.0 Å². The molecule has 0 aliphatic rings. The summed E-state index contributed by atoms with van der Waals surface area (Å²) in [6.45, 7) is 0.522. The van der Waals surface area contributed by atoms with Crippen LogP contribution in [0.3, 0.4) is 0 Å². The highest BCUT2D eigenvalue weighted by Crippen LogP contribution is 2.08. The van der Waals surface area contributed by atoms with Crippen LogP contribution in [-0.2, 0) is 0 Å². The Morgan fingerprint density at radius 1 is 0.938 bits per heavy atom. The molecular formula is C10H24NO5+. The predicted octanol–water partition coefficient (Wildman–Crippen LogP) is -2.48. The predicted molar refractivity (Wildman–Crippen MR) is 58.7 cm³/mol. The fraction of sp³-hybridized carbons (Fsp3) is 1.00. The summed E-state index contributed by atoms with van der Waals surface area (Å²) in [6.07, 6.45) is -1.16. The van der Waals surface area contributed by atoms with Gasteiger partial charge in [0, 0.05) is 13.0 Å². The fourth-order valence-electron chi connectivity index (χ4n) is 1.84. The fourth-order valence-corrected chi connectivity index (χ4v) is 1.84. The van der Waals surface area contributed by atoms with Gasteiger partial charge < -0.3 is 30.0 Å². The minimum atomic E-state index is -0.852. The highest BCUT2D eigenvalue weighted by atomic mass is 16.3. The minimum absolute atomic E-state index is 0.0400. The summed E-state index contributed by atoms with van der Waals surface area (Å²) in [5, 5.41) is 45.2. The number of nitrogens with zero attached hydrogens (tertiary/aromatic N) is 1. The van der Waals surface area contributed by atoms with Crippen LogP contribution in [0.5, 0.6) is 0 Å². The number of quaternary nitrogens is 1. The van der Waals surface area contributed by atoms with E-state index in [0.717, 1.165) is 0 Å². The third-order valence-corrected chi connectivity index (χ3v) is 2.58. The maximum atomic E-state index is 9.41. The summed E-state index contributed by atoms with van der Waals surface area (Å²) in [5.74, 6) is 0. The molecule has 2 unspecified atom stereocenters. The molecule has 0 saturated carbocycles. The third kappa shape index (κ3) is 6.37. The van der Waals surface area contributed by atoms with Gasteiger partial charge in [0.2, 0.25) is 0 Å². The van der Waals surface area contributed by atoms with Crippen LogP contribution < -0.4 is 0 Å². The number of aliphatic hydroxyl groups excluding tert-OH is 5. The van der Waals surface area contributed by atoms with Crippen LogP contribution in [0.1, 0.15) is 6.42 Å². The zero-order valence-electron chi connectivity index (χ0n) is 9.79. The van der Waals surface area contributed by atoms with E-state index in [1.165, 1.54) is 0 Å². The largest absolute Gasteiger partial charge is 0.396 e. The van der Waals surface area contributed by atoms with Crippen molar-refractivity contribution in [3.63, 3.8) is 0 Å². The van der Waals surface area contributed by atoms with Gasteiger partial charge >= 0.3 is 0 Å². The van der Waals surface area contributed by atoms with E-state index in [1.54, 1.807) is 0 Å². The van der Waals surface area contributed by atoms with E-state index in [4.69, 9.17) is 15.3 Å². The van der Waals surface area contributed by atoms with Crippen molar-refractivity contribution < 1.29 is 30.0 Å². The number of hydrogen-bond acceptors (Lipinski definition) is 5. The quantitative estimate of drug-likeness (QED) is 0.286. The van der Waals surface area contributed by atoms with Gasteiger partial charge in [-0.05, 0) is 0 Å². The van der Waals surface area contributed by atoms with Crippen LogP contribution in [0, 0.1) is 0 Å². The second kappa shape index (κ2) is 7.94. The third-order valence-electron chi connectivity index (χ3n) is 2.58. The average Bonchev–Trinajstić information content (AvgIpc) is 2.25. The Morgan fingerprint density at radius 3 is 1.69 bits per heavy atom. The first-order valence-electron chi connectivity index (χ1n) is 5.49. The van der Waals surface area contributed by atoms with Crippen LogP contribution in [0.2, 0.25) is 0 Å². The van der Waals surface area contributed by atoms with E-state index in [0.29, 0.717) is 17.4 Å². The normalized spacial score (nSPS) is 19.1. The number of hydrogen-bond donors (Lipinski definition) is 5. The maximum absolute atomic E-state index is 9.41. The van der Waals surface area contributed by atoms with E-state index in [1.807, 2.05) is 7.05 Å². The van der Waals surface area contributed by atoms with Crippen LogP contribution >= 0.6 is 0 Å². The van der Waals surface area contributed by atoms with Crippen LogP contribution in [0.25, 0.3) is 0 Å². The van der Waals surface area contributed by atoms with Crippen molar-refractivity contribution in [1.29, 1.82) is 0 Å². The van der Waals surface area contributed by atoms with Gasteiger partial charge in [0.05, 0.1) is 26.8 Å². The van der Waals surface area contributed by atoms with Crippen molar-refractivity contribution in [2.24, 2.45) is 0 Å². The van der Waals surface area contributed by atoms with E-state index >= 15 is 0 Å². The van der Waals surface area contributed by atoms with Gasteiger partial charge in [0.25, 0.3) is 0 Å². The minimum Gasteiger partial charge on any atom is -0.396 e.